The maximum Gasteiger partial charge on any atom is 0.0276 e. The van der Waals surface area contributed by atoms with Crippen LogP contribution in [0.15, 0.2) is 48.5 Å². The Morgan fingerprint density at radius 2 is 1.50 bits per heavy atom. The van der Waals surface area contributed by atoms with Gasteiger partial charge in [0.05, 0.1) is 0 Å². The lowest BCUT2D eigenvalue weighted by atomic mass is 9.88. The highest BCUT2D eigenvalue weighted by Gasteiger charge is 2.33. The number of hydrogen-bond acceptors (Lipinski definition) is 1. The van der Waals surface area contributed by atoms with Crippen LogP contribution in [0.5, 0.6) is 0 Å². The number of rotatable bonds is 3. The van der Waals surface area contributed by atoms with Crippen molar-refractivity contribution in [2.24, 2.45) is 5.73 Å². The summed E-state index contributed by atoms with van der Waals surface area (Å²) in [7, 11) is 0. The fraction of sp³-hybridized carbons (Fsp3) is 0.368. The van der Waals surface area contributed by atoms with Gasteiger partial charge in [0.15, 0.2) is 0 Å². The zero-order valence-electron chi connectivity index (χ0n) is 12.4. The SMILES string of the molecule is CC(C)c1ccc(CC2(N)Cc3ccccc3C2)cc1. The molecule has 0 radical (unpaired) electrons. The van der Waals surface area contributed by atoms with Gasteiger partial charge in [-0.15, -0.1) is 0 Å². The molecule has 104 valence electrons. The van der Waals surface area contributed by atoms with E-state index >= 15 is 0 Å². The quantitative estimate of drug-likeness (QED) is 0.896. The van der Waals surface area contributed by atoms with Crippen LogP contribution < -0.4 is 5.73 Å². The Morgan fingerprint density at radius 3 is 2.00 bits per heavy atom. The molecule has 0 amide bonds. The minimum atomic E-state index is -0.108. The zero-order chi connectivity index (χ0) is 14.2. The third kappa shape index (κ3) is 2.64. The standard InChI is InChI=1S/C19H23N/c1-14(2)16-9-7-15(8-10-16)11-19(20)12-17-5-3-4-6-18(17)13-19/h3-10,14H,11-13,20H2,1-2H3. The number of nitrogens with two attached hydrogens (primary N) is 1. The van der Waals surface area contributed by atoms with Gasteiger partial charge in [-0.3, -0.25) is 0 Å². The Kier molecular flexibility index (Phi) is 3.39. The highest BCUT2D eigenvalue weighted by molar-refractivity contribution is 5.37. The molecule has 0 bridgehead atoms. The molecule has 0 atom stereocenters. The molecule has 2 aromatic rings. The van der Waals surface area contributed by atoms with Crippen molar-refractivity contribution >= 4 is 0 Å². The summed E-state index contributed by atoms with van der Waals surface area (Å²) in [5.41, 5.74) is 12.1. The van der Waals surface area contributed by atoms with E-state index in [1.54, 1.807) is 0 Å². The molecule has 0 aliphatic heterocycles. The molecule has 0 saturated carbocycles. The molecule has 0 fully saturated rings. The van der Waals surface area contributed by atoms with Gasteiger partial charge >= 0.3 is 0 Å². The van der Waals surface area contributed by atoms with Gasteiger partial charge in [-0.05, 0) is 47.4 Å². The molecular weight excluding hydrogens is 242 g/mol. The van der Waals surface area contributed by atoms with E-state index in [0.29, 0.717) is 5.92 Å². The number of fused-ring (bicyclic) bond motifs is 1. The molecule has 0 spiro atoms. The van der Waals surface area contributed by atoms with Crippen molar-refractivity contribution < 1.29 is 0 Å². The smallest absolute Gasteiger partial charge is 0.0276 e. The van der Waals surface area contributed by atoms with Crippen molar-refractivity contribution in [1.82, 2.24) is 0 Å². The van der Waals surface area contributed by atoms with E-state index in [1.165, 1.54) is 22.3 Å². The van der Waals surface area contributed by atoms with Crippen LogP contribution in [0.3, 0.4) is 0 Å². The summed E-state index contributed by atoms with van der Waals surface area (Å²) in [6.07, 6.45) is 2.95. The molecule has 2 N–H and O–H groups in total. The van der Waals surface area contributed by atoms with E-state index < -0.39 is 0 Å². The topological polar surface area (TPSA) is 26.0 Å². The van der Waals surface area contributed by atoms with Crippen molar-refractivity contribution in [2.45, 2.75) is 44.6 Å². The Balaban J connectivity index is 1.75. The van der Waals surface area contributed by atoms with E-state index in [4.69, 9.17) is 5.73 Å². The van der Waals surface area contributed by atoms with E-state index in [-0.39, 0.29) is 5.54 Å². The summed E-state index contributed by atoms with van der Waals surface area (Å²) in [6, 6.07) is 17.6. The molecule has 1 heteroatoms. The lowest BCUT2D eigenvalue weighted by Gasteiger charge is -2.24. The van der Waals surface area contributed by atoms with E-state index in [9.17, 15) is 0 Å². The molecule has 1 aliphatic carbocycles. The molecule has 2 aromatic carbocycles. The van der Waals surface area contributed by atoms with Gasteiger partial charge < -0.3 is 5.73 Å². The van der Waals surface area contributed by atoms with Gasteiger partial charge in [0.25, 0.3) is 0 Å². The minimum Gasteiger partial charge on any atom is -0.324 e. The summed E-state index contributed by atoms with van der Waals surface area (Å²) in [5.74, 6) is 0.589. The monoisotopic (exact) mass is 265 g/mol. The molecule has 0 saturated heterocycles. The molecule has 20 heavy (non-hydrogen) atoms. The van der Waals surface area contributed by atoms with Crippen molar-refractivity contribution in [1.29, 1.82) is 0 Å². The Hall–Kier alpha value is -1.60. The molecule has 0 heterocycles. The summed E-state index contributed by atoms with van der Waals surface area (Å²) in [4.78, 5) is 0. The fourth-order valence-corrected chi connectivity index (χ4v) is 3.28. The van der Waals surface area contributed by atoms with Crippen LogP contribution in [0.2, 0.25) is 0 Å². The van der Waals surface area contributed by atoms with Crippen LogP contribution in [-0.2, 0) is 19.3 Å². The average Bonchev–Trinajstić information content (AvgIpc) is 2.75. The van der Waals surface area contributed by atoms with Crippen LogP contribution in [0.4, 0.5) is 0 Å². The Labute approximate surface area is 121 Å². The van der Waals surface area contributed by atoms with E-state index in [2.05, 4.69) is 62.4 Å². The maximum atomic E-state index is 6.64. The normalized spacial score (nSPS) is 16.4. The third-order valence-electron chi connectivity index (χ3n) is 4.41. The second kappa shape index (κ2) is 5.06. The molecule has 0 aromatic heterocycles. The first-order chi connectivity index (χ1) is 9.56. The van der Waals surface area contributed by atoms with Gasteiger partial charge in [-0.25, -0.2) is 0 Å². The largest absolute Gasteiger partial charge is 0.324 e. The number of hydrogen-bond donors (Lipinski definition) is 1. The van der Waals surface area contributed by atoms with Gasteiger partial charge in [0.1, 0.15) is 0 Å². The summed E-state index contributed by atoms with van der Waals surface area (Å²) in [5, 5.41) is 0. The van der Waals surface area contributed by atoms with Crippen LogP contribution in [0.25, 0.3) is 0 Å². The van der Waals surface area contributed by atoms with Gasteiger partial charge in [0.2, 0.25) is 0 Å². The van der Waals surface area contributed by atoms with Crippen molar-refractivity contribution in [3.8, 4) is 0 Å². The molecule has 1 nitrogen and oxygen atoms in total. The average molecular weight is 265 g/mol. The molecule has 0 unspecified atom stereocenters. The lowest BCUT2D eigenvalue weighted by Crippen LogP contribution is -2.42. The summed E-state index contributed by atoms with van der Waals surface area (Å²) < 4.78 is 0. The van der Waals surface area contributed by atoms with Crippen molar-refractivity contribution in [2.75, 3.05) is 0 Å². The fourth-order valence-electron chi connectivity index (χ4n) is 3.28. The molecular formula is C19H23N. The first-order valence-corrected chi connectivity index (χ1v) is 7.50. The van der Waals surface area contributed by atoms with Crippen LogP contribution in [0, 0.1) is 0 Å². The van der Waals surface area contributed by atoms with Crippen molar-refractivity contribution in [3.05, 3.63) is 70.8 Å². The first kappa shape index (κ1) is 13.4. The van der Waals surface area contributed by atoms with Gasteiger partial charge in [-0.1, -0.05) is 62.4 Å². The van der Waals surface area contributed by atoms with E-state index in [0.717, 1.165) is 19.3 Å². The molecule has 3 rings (SSSR count). The second-order valence-corrected chi connectivity index (χ2v) is 6.56. The van der Waals surface area contributed by atoms with Crippen LogP contribution in [-0.4, -0.2) is 5.54 Å². The predicted molar refractivity (Wildman–Crippen MR) is 85.0 cm³/mol. The Morgan fingerprint density at radius 1 is 0.950 bits per heavy atom. The number of benzene rings is 2. The highest BCUT2D eigenvalue weighted by Crippen LogP contribution is 2.31. The van der Waals surface area contributed by atoms with Crippen molar-refractivity contribution in [3.63, 3.8) is 0 Å². The van der Waals surface area contributed by atoms with E-state index in [1.807, 2.05) is 0 Å². The predicted octanol–water partition coefficient (Wildman–Crippen LogP) is 3.85. The van der Waals surface area contributed by atoms with Crippen LogP contribution >= 0.6 is 0 Å². The van der Waals surface area contributed by atoms with Gasteiger partial charge in [-0.2, -0.15) is 0 Å². The minimum absolute atomic E-state index is 0.108. The summed E-state index contributed by atoms with van der Waals surface area (Å²) >= 11 is 0. The maximum absolute atomic E-state index is 6.64. The summed E-state index contributed by atoms with van der Waals surface area (Å²) in [6.45, 7) is 4.46. The third-order valence-corrected chi connectivity index (χ3v) is 4.41. The Bertz CT molecular complexity index is 570. The van der Waals surface area contributed by atoms with Gasteiger partial charge in [0, 0.05) is 5.54 Å². The highest BCUT2D eigenvalue weighted by atomic mass is 14.7. The first-order valence-electron chi connectivity index (χ1n) is 7.50. The zero-order valence-corrected chi connectivity index (χ0v) is 12.4. The molecule has 1 aliphatic rings. The second-order valence-electron chi connectivity index (χ2n) is 6.56. The van der Waals surface area contributed by atoms with Crippen LogP contribution in [0.1, 0.15) is 42.0 Å². The lowest BCUT2D eigenvalue weighted by molar-refractivity contribution is 0.446.